The van der Waals surface area contributed by atoms with Crippen LogP contribution in [0, 0.1) is 5.92 Å². The third-order valence-corrected chi connectivity index (χ3v) is 2.80. The van der Waals surface area contributed by atoms with Crippen LogP contribution in [0.2, 0.25) is 0 Å². The fourth-order valence-electron chi connectivity index (χ4n) is 1.95. The van der Waals surface area contributed by atoms with Crippen molar-refractivity contribution in [1.82, 2.24) is 4.98 Å². The number of nitrogens with zero attached hydrogens (tertiary/aromatic N) is 1. The van der Waals surface area contributed by atoms with Crippen LogP contribution < -0.4 is 5.73 Å². The summed E-state index contributed by atoms with van der Waals surface area (Å²) in [5.74, 6) is 1.11. The van der Waals surface area contributed by atoms with Gasteiger partial charge in [-0.3, -0.25) is 4.98 Å². The lowest BCUT2D eigenvalue weighted by molar-refractivity contribution is 0.429. The summed E-state index contributed by atoms with van der Waals surface area (Å²) >= 11 is 0. The van der Waals surface area contributed by atoms with E-state index in [9.17, 15) is 0 Å². The van der Waals surface area contributed by atoms with Crippen LogP contribution in [0.4, 0.5) is 0 Å². The van der Waals surface area contributed by atoms with Gasteiger partial charge in [0, 0.05) is 18.3 Å². The predicted octanol–water partition coefficient (Wildman–Crippen LogP) is 2.56. The summed E-state index contributed by atoms with van der Waals surface area (Å²) in [6, 6.07) is 4.10. The van der Waals surface area contributed by atoms with Gasteiger partial charge in [0.25, 0.3) is 0 Å². The Morgan fingerprint density at radius 3 is 2.79 bits per heavy atom. The third-order valence-electron chi connectivity index (χ3n) is 2.80. The van der Waals surface area contributed by atoms with Crippen molar-refractivity contribution < 1.29 is 0 Å². The molecule has 14 heavy (non-hydrogen) atoms. The molecule has 0 aliphatic rings. The molecule has 0 bridgehead atoms. The quantitative estimate of drug-likeness (QED) is 0.778. The minimum Gasteiger partial charge on any atom is -0.330 e. The van der Waals surface area contributed by atoms with Gasteiger partial charge in [0.2, 0.25) is 0 Å². The Bertz CT molecular complexity index is 246. The first-order valence-electron chi connectivity index (χ1n) is 5.39. The molecule has 1 heterocycles. The van der Waals surface area contributed by atoms with Crippen LogP contribution in [0.1, 0.15) is 38.2 Å². The maximum absolute atomic E-state index is 5.81. The summed E-state index contributed by atoms with van der Waals surface area (Å²) in [4.78, 5) is 4.14. The molecular weight excluding hydrogens is 172 g/mol. The zero-order chi connectivity index (χ0) is 10.4. The average molecular weight is 192 g/mol. The van der Waals surface area contributed by atoms with Gasteiger partial charge in [-0.1, -0.05) is 32.8 Å². The zero-order valence-electron chi connectivity index (χ0n) is 9.11. The second kappa shape index (κ2) is 5.76. The maximum Gasteiger partial charge on any atom is 0.0303 e. The van der Waals surface area contributed by atoms with E-state index in [1.165, 1.54) is 18.4 Å². The zero-order valence-corrected chi connectivity index (χ0v) is 9.11. The average Bonchev–Trinajstić information content (AvgIpc) is 2.21. The first kappa shape index (κ1) is 11.2. The number of aromatic nitrogens is 1. The molecule has 2 nitrogen and oxygen atoms in total. The van der Waals surface area contributed by atoms with Crippen molar-refractivity contribution in [2.24, 2.45) is 11.7 Å². The third kappa shape index (κ3) is 2.81. The van der Waals surface area contributed by atoms with E-state index >= 15 is 0 Å². The van der Waals surface area contributed by atoms with Crippen molar-refractivity contribution in [2.75, 3.05) is 6.54 Å². The van der Waals surface area contributed by atoms with Gasteiger partial charge in [-0.25, -0.2) is 0 Å². The number of hydrogen-bond donors (Lipinski definition) is 1. The Kier molecular flexibility index (Phi) is 4.60. The normalized spacial score (nSPS) is 15.1. The van der Waals surface area contributed by atoms with Crippen molar-refractivity contribution in [2.45, 2.75) is 32.6 Å². The van der Waals surface area contributed by atoms with Crippen molar-refractivity contribution in [3.63, 3.8) is 0 Å². The Morgan fingerprint density at radius 1 is 1.50 bits per heavy atom. The fraction of sp³-hybridized carbons (Fsp3) is 0.583. The predicted molar refractivity (Wildman–Crippen MR) is 60.1 cm³/mol. The molecule has 0 radical (unpaired) electrons. The molecule has 0 spiro atoms. The van der Waals surface area contributed by atoms with E-state index in [1.807, 2.05) is 18.5 Å². The summed E-state index contributed by atoms with van der Waals surface area (Å²) in [5, 5.41) is 0. The Hall–Kier alpha value is -0.890. The van der Waals surface area contributed by atoms with Gasteiger partial charge in [-0.05, 0) is 24.1 Å². The van der Waals surface area contributed by atoms with Gasteiger partial charge in [0.05, 0.1) is 0 Å². The molecule has 0 aromatic carbocycles. The second-order valence-electron chi connectivity index (χ2n) is 3.89. The van der Waals surface area contributed by atoms with E-state index in [0.717, 1.165) is 0 Å². The molecule has 0 saturated carbocycles. The first-order valence-corrected chi connectivity index (χ1v) is 5.39. The standard InChI is InChI=1S/C12H20N2/c1-3-5-10(2)12(8-13)11-6-4-7-14-9-11/h4,6-7,9-10,12H,3,5,8,13H2,1-2H3. The van der Waals surface area contributed by atoms with Gasteiger partial charge in [-0.2, -0.15) is 0 Å². The van der Waals surface area contributed by atoms with Crippen molar-refractivity contribution >= 4 is 0 Å². The van der Waals surface area contributed by atoms with Crippen LogP contribution in [-0.2, 0) is 0 Å². The minimum atomic E-state index is 0.462. The number of hydrogen-bond acceptors (Lipinski definition) is 2. The highest BCUT2D eigenvalue weighted by atomic mass is 14.6. The molecule has 0 saturated heterocycles. The maximum atomic E-state index is 5.81. The highest BCUT2D eigenvalue weighted by Gasteiger charge is 2.16. The number of nitrogens with two attached hydrogens (primary N) is 1. The highest BCUT2D eigenvalue weighted by Crippen LogP contribution is 2.26. The van der Waals surface area contributed by atoms with E-state index in [4.69, 9.17) is 5.73 Å². The monoisotopic (exact) mass is 192 g/mol. The summed E-state index contributed by atoms with van der Waals surface area (Å²) < 4.78 is 0. The van der Waals surface area contributed by atoms with Gasteiger partial charge >= 0.3 is 0 Å². The van der Waals surface area contributed by atoms with Crippen LogP contribution in [0.5, 0.6) is 0 Å². The van der Waals surface area contributed by atoms with Crippen LogP contribution in [0.3, 0.4) is 0 Å². The fourth-order valence-corrected chi connectivity index (χ4v) is 1.95. The highest BCUT2D eigenvalue weighted by molar-refractivity contribution is 5.15. The molecule has 1 aromatic heterocycles. The van der Waals surface area contributed by atoms with Crippen molar-refractivity contribution in [1.29, 1.82) is 0 Å². The van der Waals surface area contributed by atoms with E-state index in [2.05, 4.69) is 24.9 Å². The second-order valence-corrected chi connectivity index (χ2v) is 3.89. The van der Waals surface area contributed by atoms with Crippen LogP contribution in [0.15, 0.2) is 24.5 Å². The lowest BCUT2D eigenvalue weighted by Gasteiger charge is -2.22. The molecule has 2 heteroatoms. The molecule has 1 aromatic rings. The smallest absolute Gasteiger partial charge is 0.0303 e. The SMILES string of the molecule is CCCC(C)C(CN)c1cccnc1. The van der Waals surface area contributed by atoms with E-state index in [-0.39, 0.29) is 0 Å². The molecule has 0 fully saturated rings. The lowest BCUT2D eigenvalue weighted by Crippen LogP contribution is -2.19. The van der Waals surface area contributed by atoms with Gasteiger partial charge in [0.15, 0.2) is 0 Å². The lowest BCUT2D eigenvalue weighted by atomic mass is 9.85. The van der Waals surface area contributed by atoms with Crippen molar-refractivity contribution in [3.05, 3.63) is 30.1 Å². The topological polar surface area (TPSA) is 38.9 Å². The minimum absolute atomic E-state index is 0.462. The molecular formula is C12H20N2. The van der Waals surface area contributed by atoms with Gasteiger partial charge < -0.3 is 5.73 Å². The van der Waals surface area contributed by atoms with Crippen LogP contribution in [0.25, 0.3) is 0 Å². The van der Waals surface area contributed by atoms with Gasteiger partial charge in [0.1, 0.15) is 0 Å². The molecule has 2 unspecified atom stereocenters. The molecule has 78 valence electrons. The molecule has 0 aliphatic heterocycles. The molecule has 0 aliphatic carbocycles. The van der Waals surface area contributed by atoms with E-state index in [0.29, 0.717) is 18.4 Å². The molecule has 2 N–H and O–H groups in total. The number of rotatable bonds is 5. The number of pyridine rings is 1. The Morgan fingerprint density at radius 2 is 2.29 bits per heavy atom. The summed E-state index contributed by atoms with van der Waals surface area (Å²) in [6.45, 7) is 5.20. The molecule has 1 rings (SSSR count). The first-order chi connectivity index (χ1) is 6.79. The van der Waals surface area contributed by atoms with Crippen molar-refractivity contribution in [3.8, 4) is 0 Å². The van der Waals surface area contributed by atoms with Crippen LogP contribution in [-0.4, -0.2) is 11.5 Å². The van der Waals surface area contributed by atoms with Gasteiger partial charge in [-0.15, -0.1) is 0 Å². The van der Waals surface area contributed by atoms with E-state index < -0.39 is 0 Å². The summed E-state index contributed by atoms with van der Waals surface area (Å²) in [6.07, 6.45) is 6.19. The van der Waals surface area contributed by atoms with Crippen LogP contribution >= 0.6 is 0 Å². The molecule has 2 atom stereocenters. The summed E-state index contributed by atoms with van der Waals surface area (Å²) in [7, 11) is 0. The summed E-state index contributed by atoms with van der Waals surface area (Å²) in [5.41, 5.74) is 7.08. The largest absolute Gasteiger partial charge is 0.330 e. The Balaban J connectivity index is 2.71. The Labute approximate surface area is 86.5 Å². The molecule has 0 amide bonds. The van der Waals surface area contributed by atoms with E-state index in [1.54, 1.807) is 0 Å².